The average Bonchev–Trinajstić information content (AvgIpc) is 3.12. The highest BCUT2D eigenvalue weighted by Crippen LogP contribution is 2.24. The minimum atomic E-state index is -1.87. The highest BCUT2D eigenvalue weighted by Gasteiger charge is 2.43. The molecule has 7 heteroatoms. The Morgan fingerprint density at radius 1 is 1.33 bits per heavy atom. The van der Waals surface area contributed by atoms with Crippen LogP contribution in [0.4, 0.5) is 0 Å². The topological polar surface area (TPSA) is 75.5 Å². The molecule has 0 aliphatic rings. The number of methoxy groups -OCH3 is 2. The number of carbonyl (C=O) groups is 1. The Morgan fingerprint density at radius 2 is 2.00 bits per heavy atom. The number of aromatic nitrogens is 3. The molecule has 0 aliphatic heterocycles. The van der Waals surface area contributed by atoms with E-state index < -0.39 is 11.8 Å². The quantitative estimate of drug-likeness (QED) is 0.398. The molecule has 1 aromatic heterocycles. The Labute approximate surface area is 140 Å². The number of ether oxygens (including phenoxy) is 3. The molecule has 0 fully saturated rings. The Hall–Kier alpha value is -2.35. The van der Waals surface area contributed by atoms with Crippen LogP contribution in [-0.4, -0.2) is 47.6 Å². The summed E-state index contributed by atoms with van der Waals surface area (Å²) in [5.41, 5.74) is 1.21. The summed E-state index contributed by atoms with van der Waals surface area (Å²) in [6, 6.07) is 9.48. The Balaban J connectivity index is 2.37. The zero-order valence-corrected chi connectivity index (χ0v) is 14.0. The molecule has 0 N–H and O–H groups in total. The molecule has 2 aromatic rings. The van der Waals surface area contributed by atoms with E-state index in [0.29, 0.717) is 0 Å². The summed E-state index contributed by atoms with van der Waals surface area (Å²) >= 11 is 0. The fourth-order valence-corrected chi connectivity index (χ4v) is 2.34. The van der Waals surface area contributed by atoms with Crippen molar-refractivity contribution in [3.05, 3.63) is 60.4 Å². The summed E-state index contributed by atoms with van der Waals surface area (Å²) in [6.45, 7) is 5.57. The minimum absolute atomic E-state index is 0.0865. The first-order valence-corrected chi connectivity index (χ1v) is 7.44. The molecule has 0 spiro atoms. The van der Waals surface area contributed by atoms with E-state index in [0.717, 1.165) is 5.56 Å². The van der Waals surface area contributed by atoms with Crippen LogP contribution in [0.1, 0.15) is 29.0 Å². The van der Waals surface area contributed by atoms with Crippen molar-refractivity contribution < 1.29 is 19.0 Å². The summed E-state index contributed by atoms with van der Waals surface area (Å²) in [4.78, 5) is 12.9. The van der Waals surface area contributed by atoms with E-state index in [1.54, 1.807) is 0 Å². The Morgan fingerprint density at radius 3 is 2.58 bits per heavy atom. The zero-order valence-electron chi connectivity index (χ0n) is 14.0. The second kappa shape index (κ2) is 7.96. The first-order valence-electron chi connectivity index (χ1n) is 7.44. The highest BCUT2D eigenvalue weighted by molar-refractivity contribution is 5.99. The smallest absolute Gasteiger partial charge is 0.324 e. The molecule has 0 saturated carbocycles. The molecule has 7 nitrogen and oxygen atoms in total. The van der Waals surface area contributed by atoms with Gasteiger partial charge in [0.1, 0.15) is 5.69 Å². The second-order valence-electron chi connectivity index (χ2n) is 5.04. The number of hydrogen-bond donors (Lipinski definition) is 0. The lowest BCUT2D eigenvalue weighted by atomic mass is 10.1. The zero-order chi connectivity index (χ0) is 17.6. The van der Waals surface area contributed by atoms with Crippen LogP contribution < -0.4 is 0 Å². The van der Waals surface area contributed by atoms with Gasteiger partial charge in [-0.05, 0) is 12.5 Å². The van der Waals surface area contributed by atoms with E-state index in [4.69, 9.17) is 14.2 Å². The van der Waals surface area contributed by atoms with Gasteiger partial charge >= 0.3 is 5.97 Å². The minimum Gasteiger partial charge on any atom is -0.324 e. The summed E-state index contributed by atoms with van der Waals surface area (Å²) in [6.07, 6.45) is 2.87. The number of rotatable bonds is 9. The number of hydrogen-bond acceptors (Lipinski definition) is 6. The summed E-state index contributed by atoms with van der Waals surface area (Å²) in [5, 5.41) is 7.89. The number of Topliss-reactive ketones (excluding diaryl/α,β-unsaturated/α-hetero) is 1. The molecule has 0 unspecified atom stereocenters. The lowest BCUT2D eigenvalue weighted by molar-refractivity contribution is -0.319. The van der Waals surface area contributed by atoms with Crippen LogP contribution in [-0.2, 0) is 14.2 Å². The predicted molar refractivity (Wildman–Crippen MR) is 87.5 cm³/mol. The van der Waals surface area contributed by atoms with Gasteiger partial charge in [-0.15, -0.1) is 11.7 Å². The second-order valence-corrected chi connectivity index (χ2v) is 5.04. The van der Waals surface area contributed by atoms with Crippen LogP contribution in [0, 0.1) is 0 Å². The molecule has 0 saturated heterocycles. The normalized spacial score (nSPS) is 12.8. The molecule has 0 aliphatic carbocycles. The van der Waals surface area contributed by atoms with Crippen LogP contribution in [0.3, 0.4) is 0 Å². The van der Waals surface area contributed by atoms with Crippen LogP contribution in [0.2, 0.25) is 0 Å². The highest BCUT2D eigenvalue weighted by atomic mass is 16.9. The molecular weight excluding hydrogens is 310 g/mol. The van der Waals surface area contributed by atoms with E-state index in [-0.39, 0.29) is 18.3 Å². The van der Waals surface area contributed by atoms with Crippen molar-refractivity contribution in [1.82, 2.24) is 15.0 Å². The Kier molecular flexibility index (Phi) is 5.97. The molecule has 24 heavy (non-hydrogen) atoms. The van der Waals surface area contributed by atoms with E-state index in [9.17, 15) is 4.79 Å². The average molecular weight is 331 g/mol. The monoisotopic (exact) mass is 331 g/mol. The molecule has 1 aromatic carbocycles. The molecule has 0 bridgehead atoms. The lowest BCUT2D eigenvalue weighted by Crippen LogP contribution is -2.46. The van der Waals surface area contributed by atoms with Crippen molar-refractivity contribution in [2.75, 3.05) is 20.8 Å². The van der Waals surface area contributed by atoms with Crippen LogP contribution in [0.15, 0.2) is 49.2 Å². The van der Waals surface area contributed by atoms with Gasteiger partial charge in [0.15, 0.2) is 0 Å². The van der Waals surface area contributed by atoms with Gasteiger partial charge in [0.2, 0.25) is 0 Å². The standard InChI is InChI=1S/C17H21N3O4/c1-5-11-24-17(22-3,23-4)16(21)15-12-18-19-20(15)13(2)14-9-7-6-8-10-14/h5-10,12-13H,1,11H2,2-4H3/t13-/m1/s1. The summed E-state index contributed by atoms with van der Waals surface area (Å²) in [5.74, 6) is -2.40. The number of carbonyl (C=O) groups excluding carboxylic acids is 1. The predicted octanol–water partition coefficient (Wildman–Crippen LogP) is 2.22. The first-order chi connectivity index (χ1) is 11.6. The number of nitrogens with zero attached hydrogens (tertiary/aromatic N) is 3. The first kappa shape index (κ1) is 18.0. The van der Waals surface area contributed by atoms with E-state index in [2.05, 4.69) is 16.9 Å². The maximum Gasteiger partial charge on any atom is 0.353 e. The van der Waals surface area contributed by atoms with Gasteiger partial charge < -0.3 is 14.2 Å². The molecule has 1 heterocycles. The van der Waals surface area contributed by atoms with Crippen molar-refractivity contribution in [3.63, 3.8) is 0 Å². The third-order valence-corrected chi connectivity index (χ3v) is 3.66. The van der Waals surface area contributed by atoms with E-state index >= 15 is 0 Å². The van der Waals surface area contributed by atoms with E-state index in [1.165, 1.54) is 31.2 Å². The molecule has 1 atom stereocenters. The van der Waals surface area contributed by atoms with Crippen LogP contribution in [0.5, 0.6) is 0 Å². The number of ketones is 1. The van der Waals surface area contributed by atoms with Gasteiger partial charge in [-0.1, -0.05) is 41.6 Å². The number of benzene rings is 1. The summed E-state index contributed by atoms with van der Waals surface area (Å²) in [7, 11) is 2.67. The third-order valence-electron chi connectivity index (χ3n) is 3.66. The molecular formula is C17H21N3O4. The largest absolute Gasteiger partial charge is 0.353 e. The fourth-order valence-electron chi connectivity index (χ4n) is 2.34. The fraction of sp³-hybridized carbons (Fsp3) is 0.353. The summed E-state index contributed by atoms with van der Waals surface area (Å²) < 4.78 is 17.3. The van der Waals surface area contributed by atoms with Gasteiger partial charge in [0, 0.05) is 14.2 Å². The maximum absolute atomic E-state index is 12.9. The van der Waals surface area contributed by atoms with Gasteiger partial charge in [-0.25, -0.2) is 4.68 Å². The Bertz CT molecular complexity index is 680. The van der Waals surface area contributed by atoms with Crippen molar-refractivity contribution in [2.45, 2.75) is 18.9 Å². The van der Waals surface area contributed by atoms with E-state index in [1.807, 2.05) is 37.3 Å². The van der Waals surface area contributed by atoms with Crippen molar-refractivity contribution >= 4 is 5.78 Å². The van der Waals surface area contributed by atoms with Crippen molar-refractivity contribution in [2.24, 2.45) is 0 Å². The lowest BCUT2D eigenvalue weighted by Gasteiger charge is -2.28. The van der Waals surface area contributed by atoms with Crippen molar-refractivity contribution in [1.29, 1.82) is 0 Å². The maximum atomic E-state index is 12.9. The molecule has 0 radical (unpaired) electrons. The van der Waals surface area contributed by atoms with Gasteiger partial charge in [0.25, 0.3) is 5.78 Å². The molecule has 128 valence electrons. The van der Waals surface area contributed by atoms with Crippen LogP contribution >= 0.6 is 0 Å². The van der Waals surface area contributed by atoms with Gasteiger partial charge in [-0.2, -0.15) is 0 Å². The van der Waals surface area contributed by atoms with Crippen molar-refractivity contribution in [3.8, 4) is 0 Å². The molecule has 0 amide bonds. The third kappa shape index (κ3) is 3.43. The molecule has 2 rings (SSSR count). The van der Waals surface area contributed by atoms with Crippen LogP contribution in [0.25, 0.3) is 0 Å². The van der Waals surface area contributed by atoms with Gasteiger partial charge in [0.05, 0.1) is 18.8 Å². The SMILES string of the molecule is C=CCOC(OC)(OC)C(=O)c1cnnn1[C@H](C)c1ccccc1. The van der Waals surface area contributed by atoms with Gasteiger partial charge in [-0.3, -0.25) is 4.79 Å².